The van der Waals surface area contributed by atoms with Crippen LogP contribution in [-0.2, 0) is 3.75 Å². The van der Waals surface area contributed by atoms with E-state index in [1.165, 1.54) is 0 Å². The molecule has 0 aromatic heterocycles. The summed E-state index contributed by atoms with van der Waals surface area (Å²) >= 11 is -6.28. The second-order valence-electron chi connectivity index (χ2n) is 0.500. The Balaban J connectivity index is 6.05. The van der Waals surface area contributed by atoms with Gasteiger partial charge in [-0.25, -0.2) is 0 Å². The van der Waals surface area contributed by atoms with Crippen molar-refractivity contribution in [2.45, 2.75) is 0 Å². The molecule has 0 amide bonds. The van der Waals surface area contributed by atoms with Crippen molar-refractivity contribution in [1.29, 1.82) is 0 Å². The summed E-state index contributed by atoms with van der Waals surface area (Å²) in [5.41, 5.74) is 0. The number of hydrogen-bond acceptors (Lipinski definition) is 4. The quantitative estimate of drug-likeness (QED) is 0.534. The summed E-state index contributed by atoms with van der Waals surface area (Å²) in [7, 11) is 0. The van der Waals surface area contributed by atoms with E-state index >= 15 is 0 Å². The molecule has 0 aromatic rings. The Morgan fingerprint density at radius 1 is 0.800 bits per heavy atom. The van der Waals surface area contributed by atoms with Crippen LogP contribution in [0.25, 0.3) is 0 Å². The molecule has 0 aliphatic carbocycles. The van der Waals surface area contributed by atoms with Crippen molar-refractivity contribution in [1.82, 2.24) is 0 Å². The first-order valence-electron chi connectivity index (χ1n) is 0.816. The minimum absolute atomic E-state index is 6.28. The summed E-state index contributed by atoms with van der Waals surface area (Å²) in [6.07, 6.45) is 0. The van der Waals surface area contributed by atoms with Crippen LogP contribution in [0.3, 0.4) is 0 Å². The molecule has 0 N–H and O–H groups in total. The molecule has 0 fully saturated rings. The maximum absolute atomic E-state index is 8.66. The molecule has 0 aliphatic heterocycles. The second kappa shape index (κ2) is 1.35. The van der Waals surface area contributed by atoms with Crippen molar-refractivity contribution < 1.29 is 37.6 Å². The van der Waals surface area contributed by atoms with Crippen LogP contribution in [0.2, 0.25) is 0 Å². The fourth-order valence-corrected chi connectivity index (χ4v) is 0. The standard InChI is InChI=1S/Ce.4O. The van der Waals surface area contributed by atoms with E-state index in [4.69, 9.17) is 3.75 Å². The zero-order valence-corrected chi connectivity index (χ0v) is 5.27. The maximum atomic E-state index is 8.66. The van der Waals surface area contributed by atoms with Gasteiger partial charge in [0.1, 0.15) is 0 Å². The zero-order chi connectivity index (χ0) is 4.50. The van der Waals surface area contributed by atoms with Crippen molar-refractivity contribution in [3.63, 3.8) is 0 Å². The molecular weight excluding hydrogens is 204 g/mol. The van der Waals surface area contributed by atoms with Crippen LogP contribution in [0.5, 0.6) is 0 Å². The Hall–Kier alpha value is 0.577. The molecule has 0 aliphatic rings. The van der Waals surface area contributed by atoms with Gasteiger partial charge in [-0.05, 0) is 0 Å². The molecule has 0 heterocycles. The van der Waals surface area contributed by atoms with E-state index in [1.807, 2.05) is 0 Å². The van der Waals surface area contributed by atoms with Crippen molar-refractivity contribution in [3.05, 3.63) is 0 Å². The molecule has 5 heteroatoms. The van der Waals surface area contributed by atoms with Crippen molar-refractivity contribution in [2.24, 2.45) is 0 Å². The first-order chi connectivity index (χ1) is 2.00. The minimum atomic E-state index is -6.28. The third-order valence-electron chi connectivity index (χ3n) is 0. The molecule has 0 atom stereocenters. The molecule has 0 bridgehead atoms. The average molecular weight is 204 g/mol. The molecule has 0 radical (unpaired) electrons. The normalized spacial score (nSPS) is 4.80. The molecule has 0 saturated carbocycles. The second-order valence-corrected chi connectivity index (χ2v) is 3.64. The van der Waals surface area contributed by atoms with E-state index in [9.17, 15) is 0 Å². The third-order valence-corrected chi connectivity index (χ3v) is 0. The Morgan fingerprint density at radius 2 is 0.800 bits per heavy atom. The van der Waals surface area contributed by atoms with Gasteiger partial charge in [-0.15, -0.1) is 0 Å². The molecule has 0 rings (SSSR count). The summed E-state index contributed by atoms with van der Waals surface area (Å²) in [5, 5.41) is 0. The van der Waals surface area contributed by atoms with Crippen molar-refractivity contribution in [3.8, 4) is 0 Å². The fraction of sp³-hybridized carbons (Fsp3) is 0. The van der Waals surface area contributed by atoms with Gasteiger partial charge < -0.3 is 0 Å². The molecule has 0 saturated heterocycles. The Bertz CT molecular complexity index is 155. The topological polar surface area (TPSA) is 68.3 Å². The van der Waals surface area contributed by atoms with Gasteiger partial charge in [0.15, 0.2) is 0 Å². The van der Waals surface area contributed by atoms with Gasteiger partial charge in [0.05, 0.1) is 0 Å². The van der Waals surface area contributed by atoms with Gasteiger partial charge in [0.25, 0.3) is 0 Å². The third kappa shape index (κ3) is 91.4. The summed E-state index contributed by atoms with van der Waals surface area (Å²) in [6.45, 7) is 0. The van der Waals surface area contributed by atoms with Crippen LogP contribution in [0, 0.1) is 33.9 Å². The predicted octanol–water partition coefficient (Wildman–Crippen LogP) is -0.475. The Labute approximate surface area is 37.1 Å². The molecule has 0 unspecified atom stereocenters. The summed E-state index contributed by atoms with van der Waals surface area (Å²) < 4.78 is 34.6. The van der Waals surface area contributed by atoms with E-state index in [0.717, 1.165) is 0 Å². The first kappa shape index (κ1) is 5.58. The first-order valence-corrected chi connectivity index (χ1v) is 5.94. The van der Waals surface area contributed by atoms with E-state index in [1.54, 1.807) is 0 Å². The van der Waals surface area contributed by atoms with Gasteiger partial charge in [-0.3, -0.25) is 0 Å². The van der Waals surface area contributed by atoms with Gasteiger partial charge >= 0.3 is 37.6 Å². The van der Waals surface area contributed by atoms with Gasteiger partial charge in [0, 0.05) is 0 Å². The van der Waals surface area contributed by atoms with Gasteiger partial charge in [-0.2, -0.15) is 0 Å². The van der Waals surface area contributed by atoms with E-state index in [0.29, 0.717) is 0 Å². The molecule has 5 heavy (non-hydrogen) atoms. The van der Waals surface area contributed by atoms with Crippen molar-refractivity contribution in [2.75, 3.05) is 0 Å². The predicted molar refractivity (Wildman–Crippen MR) is 2.75 cm³/mol. The monoisotopic (exact) mass is 204 g/mol. The molecule has 4 nitrogen and oxygen atoms in total. The Kier molecular flexibility index (Phi) is 1.51. The molecule has 0 spiro atoms. The zero-order valence-electron chi connectivity index (χ0n) is 2.13. The summed E-state index contributed by atoms with van der Waals surface area (Å²) in [5.74, 6) is 0. The Morgan fingerprint density at radius 3 is 0.800 bits per heavy atom. The van der Waals surface area contributed by atoms with Gasteiger partial charge in [-0.1, -0.05) is 0 Å². The molecule has 0 aromatic carbocycles. The van der Waals surface area contributed by atoms with E-state index < -0.39 is 33.9 Å². The van der Waals surface area contributed by atoms with Crippen LogP contribution in [0.15, 0.2) is 0 Å². The average Bonchev–Trinajstić information content (AvgIpc) is 0.722. The van der Waals surface area contributed by atoms with Crippen LogP contribution in [-0.4, -0.2) is 0 Å². The summed E-state index contributed by atoms with van der Waals surface area (Å²) in [4.78, 5) is 0. The SMILES string of the molecule is [O]=[Ce](=[O])(=[O])=[O]. The molecular formula is CeO4. The van der Waals surface area contributed by atoms with E-state index in [-0.39, 0.29) is 0 Å². The van der Waals surface area contributed by atoms with Crippen LogP contribution >= 0.6 is 0 Å². The molecule has 28 valence electrons. The van der Waals surface area contributed by atoms with E-state index in [2.05, 4.69) is 0 Å². The van der Waals surface area contributed by atoms with Crippen LogP contribution in [0.4, 0.5) is 0 Å². The van der Waals surface area contributed by atoms with Crippen LogP contribution < -0.4 is 0 Å². The number of hydrogen-bond donors (Lipinski definition) is 0. The van der Waals surface area contributed by atoms with Crippen molar-refractivity contribution >= 4 is 0 Å². The summed E-state index contributed by atoms with van der Waals surface area (Å²) in [6, 6.07) is 0. The van der Waals surface area contributed by atoms with Crippen LogP contribution in [0.1, 0.15) is 0 Å². The fourth-order valence-electron chi connectivity index (χ4n) is 0. The number of rotatable bonds is 0. The van der Waals surface area contributed by atoms with Gasteiger partial charge in [0.2, 0.25) is 0 Å².